The molecule has 0 aliphatic heterocycles. The van der Waals surface area contributed by atoms with Gasteiger partial charge in [0.2, 0.25) is 0 Å². The van der Waals surface area contributed by atoms with Gasteiger partial charge in [-0.15, -0.1) is 0 Å². The van der Waals surface area contributed by atoms with Crippen molar-refractivity contribution in [2.45, 2.75) is 26.0 Å². The molecule has 0 aromatic heterocycles. The van der Waals surface area contributed by atoms with Gasteiger partial charge in [-0.2, -0.15) is 0 Å². The molecule has 25 heavy (non-hydrogen) atoms. The molecule has 2 N–H and O–H groups in total. The lowest BCUT2D eigenvalue weighted by Crippen LogP contribution is -2.42. The van der Waals surface area contributed by atoms with Crippen LogP contribution in [0.2, 0.25) is 0 Å². The Morgan fingerprint density at radius 3 is 2.28 bits per heavy atom. The van der Waals surface area contributed by atoms with Crippen molar-refractivity contribution in [3.05, 3.63) is 71.3 Å². The van der Waals surface area contributed by atoms with E-state index in [1.807, 2.05) is 68.4 Å². The van der Waals surface area contributed by atoms with Crippen molar-refractivity contribution in [1.82, 2.24) is 10.6 Å². The van der Waals surface area contributed by atoms with E-state index in [4.69, 9.17) is 4.74 Å². The van der Waals surface area contributed by atoms with Crippen LogP contribution in [-0.2, 0) is 14.3 Å². The quantitative estimate of drug-likeness (QED) is 0.795. The van der Waals surface area contributed by atoms with Gasteiger partial charge in [-0.1, -0.05) is 54.6 Å². The second kappa shape index (κ2) is 8.99. The topological polar surface area (TPSA) is 67.4 Å². The molecular formula is C20H24N2O3. The van der Waals surface area contributed by atoms with Crippen LogP contribution in [0.15, 0.2) is 54.6 Å². The van der Waals surface area contributed by atoms with Crippen molar-refractivity contribution < 1.29 is 14.3 Å². The van der Waals surface area contributed by atoms with Gasteiger partial charge >= 0.3 is 11.8 Å². The van der Waals surface area contributed by atoms with E-state index in [0.29, 0.717) is 0 Å². The van der Waals surface area contributed by atoms with Crippen LogP contribution in [-0.4, -0.2) is 25.5 Å². The average molecular weight is 340 g/mol. The highest BCUT2D eigenvalue weighted by Crippen LogP contribution is 2.19. The Bertz CT molecular complexity index is 716. The van der Waals surface area contributed by atoms with Crippen molar-refractivity contribution >= 4 is 11.8 Å². The predicted octanol–water partition coefficient (Wildman–Crippen LogP) is 2.68. The van der Waals surface area contributed by atoms with Gasteiger partial charge < -0.3 is 15.4 Å². The second-order valence-corrected chi connectivity index (χ2v) is 5.90. The van der Waals surface area contributed by atoms with E-state index < -0.39 is 11.8 Å². The van der Waals surface area contributed by atoms with Crippen LogP contribution >= 0.6 is 0 Å². The van der Waals surface area contributed by atoms with Crippen molar-refractivity contribution in [1.29, 1.82) is 0 Å². The second-order valence-electron chi connectivity index (χ2n) is 5.90. The number of ether oxygens (including phenoxy) is 1. The fourth-order valence-electron chi connectivity index (χ4n) is 2.62. The van der Waals surface area contributed by atoms with Gasteiger partial charge in [-0.05, 0) is 30.5 Å². The SMILES string of the molecule is COC(CNC(=O)C(=O)NC(C)c1ccccc1)c1ccccc1C. The monoisotopic (exact) mass is 340 g/mol. The summed E-state index contributed by atoms with van der Waals surface area (Å²) in [5.41, 5.74) is 3.01. The molecule has 2 unspecified atom stereocenters. The van der Waals surface area contributed by atoms with Crippen LogP contribution in [0.1, 0.15) is 35.8 Å². The normalized spacial score (nSPS) is 12.9. The third-order valence-electron chi connectivity index (χ3n) is 4.12. The van der Waals surface area contributed by atoms with Gasteiger partial charge in [0.05, 0.1) is 12.1 Å². The molecule has 0 saturated heterocycles. The van der Waals surface area contributed by atoms with Crippen LogP contribution in [0.25, 0.3) is 0 Å². The molecule has 0 aliphatic rings. The molecule has 0 radical (unpaired) electrons. The molecule has 2 rings (SSSR count). The zero-order valence-corrected chi connectivity index (χ0v) is 14.8. The maximum Gasteiger partial charge on any atom is 0.309 e. The Labute approximate surface area is 148 Å². The van der Waals surface area contributed by atoms with E-state index in [1.54, 1.807) is 7.11 Å². The highest BCUT2D eigenvalue weighted by Gasteiger charge is 2.19. The van der Waals surface area contributed by atoms with Crippen molar-refractivity contribution in [2.24, 2.45) is 0 Å². The van der Waals surface area contributed by atoms with E-state index >= 15 is 0 Å². The van der Waals surface area contributed by atoms with E-state index in [-0.39, 0.29) is 18.7 Å². The average Bonchev–Trinajstić information content (AvgIpc) is 2.64. The van der Waals surface area contributed by atoms with E-state index in [0.717, 1.165) is 16.7 Å². The summed E-state index contributed by atoms with van der Waals surface area (Å²) in [6.07, 6.45) is -0.301. The van der Waals surface area contributed by atoms with Crippen LogP contribution in [0.3, 0.4) is 0 Å². The molecule has 2 amide bonds. The molecule has 5 heteroatoms. The van der Waals surface area contributed by atoms with Crippen molar-refractivity contribution in [3.63, 3.8) is 0 Å². The fraction of sp³-hybridized carbons (Fsp3) is 0.300. The van der Waals surface area contributed by atoms with Gasteiger partial charge in [-0.25, -0.2) is 0 Å². The van der Waals surface area contributed by atoms with E-state index in [1.165, 1.54) is 0 Å². The lowest BCUT2D eigenvalue weighted by molar-refractivity contribution is -0.139. The molecule has 0 fully saturated rings. The summed E-state index contributed by atoms with van der Waals surface area (Å²) < 4.78 is 5.45. The first-order valence-corrected chi connectivity index (χ1v) is 8.25. The minimum absolute atomic E-state index is 0.229. The minimum atomic E-state index is -0.668. The molecular weight excluding hydrogens is 316 g/mol. The Morgan fingerprint density at radius 1 is 1.00 bits per heavy atom. The summed E-state index contributed by atoms with van der Waals surface area (Å²) in [4.78, 5) is 24.1. The lowest BCUT2D eigenvalue weighted by atomic mass is 10.0. The molecule has 0 bridgehead atoms. The Hall–Kier alpha value is -2.66. The predicted molar refractivity (Wildman–Crippen MR) is 96.9 cm³/mol. The first kappa shape index (κ1) is 18.7. The van der Waals surface area contributed by atoms with Crippen LogP contribution in [0.5, 0.6) is 0 Å². The molecule has 0 heterocycles. The molecule has 2 atom stereocenters. The summed E-state index contributed by atoms with van der Waals surface area (Å²) in [7, 11) is 1.58. The first-order valence-electron chi connectivity index (χ1n) is 8.25. The number of carbonyl (C=O) groups excluding carboxylic acids is 2. The molecule has 5 nitrogen and oxygen atoms in total. The van der Waals surface area contributed by atoms with Crippen LogP contribution in [0.4, 0.5) is 0 Å². The standard InChI is InChI=1S/C20H24N2O3/c1-14-9-7-8-12-17(14)18(25-3)13-21-19(23)20(24)22-15(2)16-10-5-4-6-11-16/h4-12,15,18H,13H2,1-3H3,(H,21,23)(H,22,24). The number of aryl methyl sites for hydroxylation is 1. The zero-order valence-electron chi connectivity index (χ0n) is 14.8. The van der Waals surface area contributed by atoms with Crippen LogP contribution in [0, 0.1) is 6.92 Å². The third kappa shape index (κ3) is 5.16. The number of amides is 2. The van der Waals surface area contributed by atoms with Gasteiger partial charge in [0.25, 0.3) is 0 Å². The molecule has 0 aliphatic carbocycles. The number of hydrogen-bond acceptors (Lipinski definition) is 3. The molecule has 132 valence electrons. The first-order chi connectivity index (χ1) is 12.0. The summed E-state index contributed by atoms with van der Waals surface area (Å²) in [6.45, 7) is 4.05. The molecule has 0 spiro atoms. The maximum atomic E-state index is 12.1. The van der Waals surface area contributed by atoms with Crippen LogP contribution < -0.4 is 10.6 Å². The minimum Gasteiger partial charge on any atom is -0.375 e. The van der Waals surface area contributed by atoms with E-state index in [2.05, 4.69) is 10.6 Å². The Kier molecular flexibility index (Phi) is 6.71. The summed E-state index contributed by atoms with van der Waals surface area (Å²) in [5.74, 6) is -1.32. The number of methoxy groups -OCH3 is 1. The lowest BCUT2D eigenvalue weighted by Gasteiger charge is -2.19. The summed E-state index contributed by atoms with van der Waals surface area (Å²) in [5, 5.41) is 5.34. The van der Waals surface area contributed by atoms with Gasteiger partial charge in [0.15, 0.2) is 0 Å². The van der Waals surface area contributed by atoms with Gasteiger partial charge in [-0.3, -0.25) is 9.59 Å². The zero-order chi connectivity index (χ0) is 18.2. The number of rotatable bonds is 6. The van der Waals surface area contributed by atoms with Crippen molar-refractivity contribution in [2.75, 3.05) is 13.7 Å². The number of nitrogens with one attached hydrogen (secondary N) is 2. The molecule has 2 aromatic carbocycles. The van der Waals surface area contributed by atoms with Gasteiger partial charge in [0, 0.05) is 13.7 Å². The summed E-state index contributed by atoms with van der Waals surface area (Å²) in [6, 6.07) is 17.1. The number of carbonyl (C=O) groups is 2. The third-order valence-corrected chi connectivity index (χ3v) is 4.12. The highest BCUT2D eigenvalue weighted by atomic mass is 16.5. The summed E-state index contributed by atoms with van der Waals surface area (Å²) >= 11 is 0. The largest absolute Gasteiger partial charge is 0.375 e. The number of hydrogen-bond donors (Lipinski definition) is 2. The molecule has 2 aromatic rings. The Morgan fingerprint density at radius 2 is 1.64 bits per heavy atom. The Balaban J connectivity index is 1.90. The maximum absolute atomic E-state index is 12.1. The highest BCUT2D eigenvalue weighted by molar-refractivity contribution is 6.35. The van der Waals surface area contributed by atoms with E-state index in [9.17, 15) is 9.59 Å². The fourth-order valence-corrected chi connectivity index (χ4v) is 2.62. The van der Waals surface area contributed by atoms with Gasteiger partial charge in [0.1, 0.15) is 0 Å². The number of benzene rings is 2. The smallest absolute Gasteiger partial charge is 0.309 e. The molecule has 0 saturated carbocycles. The van der Waals surface area contributed by atoms with Crippen molar-refractivity contribution in [3.8, 4) is 0 Å².